The molecule has 0 saturated heterocycles. The van der Waals surface area contributed by atoms with Crippen LogP contribution in [-0.2, 0) is 0 Å². The molecule has 0 aliphatic rings. The molecule has 0 saturated carbocycles. The van der Waals surface area contributed by atoms with Crippen LogP contribution in [-0.4, -0.2) is 18.2 Å². The zero-order valence-electron chi connectivity index (χ0n) is 11.1. The fourth-order valence-electron chi connectivity index (χ4n) is 1.64. The number of hydrogen-bond acceptors (Lipinski definition) is 5. The van der Waals surface area contributed by atoms with Crippen molar-refractivity contribution in [2.45, 2.75) is 0 Å². The standard InChI is InChI=1S/C14H12BrN3O3/c1-21-14-7-2-11(15)8-10(14)9-16-17-12-3-5-13(6-4-12)18(19)20/h2-9,17H,1H3/b16-9+. The lowest BCUT2D eigenvalue weighted by atomic mass is 10.2. The molecule has 0 amide bonds. The number of nitro benzene ring substituents is 1. The second kappa shape index (κ2) is 6.85. The predicted molar refractivity (Wildman–Crippen MR) is 85.0 cm³/mol. The summed E-state index contributed by atoms with van der Waals surface area (Å²) in [5.74, 6) is 0.701. The van der Waals surface area contributed by atoms with Gasteiger partial charge in [0.25, 0.3) is 5.69 Å². The fourth-order valence-corrected chi connectivity index (χ4v) is 2.02. The first-order valence-electron chi connectivity index (χ1n) is 5.97. The van der Waals surface area contributed by atoms with E-state index in [9.17, 15) is 10.1 Å². The van der Waals surface area contributed by atoms with Crippen molar-refractivity contribution < 1.29 is 9.66 Å². The van der Waals surface area contributed by atoms with E-state index in [1.165, 1.54) is 12.1 Å². The van der Waals surface area contributed by atoms with Crippen molar-refractivity contribution in [3.05, 3.63) is 62.6 Å². The number of anilines is 1. The Labute approximate surface area is 129 Å². The highest BCUT2D eigenvalue weighted by molar-refractivity contribution is 9.10. The zero-order chi connectivity index (χ0) is 15.2. The summed E-state index contributed by atoms with van der Waals surface area (Å²) in [5, 5.41) is 14.6. The van der Waals surface area contributed by atoms with E-state index in [0.29, 0.717) is 11.4 Å². The third-order valence-corrected chi connectivity index (χ3v) is 3.16. The van der Waals surface area contributed by atoms with Gasteiger partial charge in [-0.15, -0.1) is 0 Å². The molecule has 0 aromatic heterocycles. The highest BCUT2D eigenvalue weighted by Crippen LogP contribution is 2.21. The highest BCUT2D eigenvalue weighted by Gasteiger charge is 2.03. The summed E-state index contributed by atoms with van der Waals surface area (Å²) in [4.78, 5) is 10.1. The van der Waals surface area contributed by atoms with Crippen LogP contribution in [0.15, 0.2) is 52.0 Å². The summed E-state index contributed by atoms with van der Waals surface area (Å²) in [7, 11) is 1.59. The van der Waals surface area contributed by atoms with Crippen molar-refractivity contribution in [3.63, 3.8) is 0 Å². The lowest BCUT2D eigenvalue weighted by Gasteiger charge is -2.05. The minimum absolute atomic E-state index is 0.0400. The molecular weight excluding hydrogens is 338 g/mol. The summed E-state index contributed by atoms with van der Waals surface area (Å²) in [6, 6.07) is 11.6. The molecule has 108 valence electrons. The summed E-state index contributed by atoms with van der Waals surface area (Å²) >= 11 is 3.38. The van der Waals surface area contributed by atoms with Crippen molar-refractivity contribution in [2.75, 3.05) is 12.5 Å². The van der Waals surface area contributed by atoms with E-state index in [0.717, 1.165) is 10.0 Å². The van der Waals surface area contributed by atoms with Gasteiger partial charge in [0.1, 0.15) is 5.75 Å². The Morgan fingerprint density at radius 1 is 1.29 bits per heavy atom. The number of hydrogen-bond donors (Lipinski definition) is 1. The predicted octanol–water partition coefficient (Wildman–Crippen LogP) is 3.81. The summed E-state index contributed by atoms with van der Waals surface area (Å²) in [6.45, 7) is 0. The lowest BCUT2D eigenvalue weighted by molar-refractivity contribution is -0.384. The smallest absolute Gasteiger partial charge is 0.269 e. The average Bonchev–Trinajstić information content (AvgIpc) is 2.48. The maximum Gasteiger partial charge on any atom is 0.269 e. The van der Waals surface area contributed by atoms with E-state index >= 15 is 0 Å². The monoisotopic (exact) mass is 349 g/mol. The molecule has 0 fully saturated rings. The minimum Gasteiger partial charge on any atom is -0.496 e. The van der Waals surface area contributed by atoms with E-state index in [1.807, 2.05) is 18.2 Å². The van der Waals surface area contributed by atoms with Gasteiger partial charge >= 0.3 is 0 Å². The third kappa shape index (κ3) is 4.03. The Hall–Kier alpha value is -2.41. The molecule has 0 atom stereocenters. The van der Waals surface area contributed by atoms with Gasteiger partial charge in [-0.25, -0.2) is 0 Å². The molecule has 0 unspecified atom stereocenters. The van der Waals surface area contributed by atoms with Crippen LogP contribution in [0.25, 0.3) is 0 Å². The van der Waals surface area contributed by atoms with E-state index in [2.05, 4.69) is 26.5 Å². The van der Waals surface area contributed by atoms with Gasteiger partial charge < -0.3 is 4.74 Å². The Bertz CT molecular complexity index is 672. The molecule has 1 N–H and O–H groups in total. The Morgan fingerprint density at radius 2 is 2.00 bits per heavy atom. The van der Waals surface area contributed by atoms with Crippen molar-refractivity contribution >= 4 is 33.5 Å². The van der Waals surface area contributed by atoms with Crippen molar-refractivity contribution in [1.29, 1.82) is 0 Å². The largest absolute Gasteiger partial charge is 0.496 e. The number of halogens is 1. The maximum atomic E-state index is 10.6. The normalized spacial score (nSPS) is 10.6. The zero-order valence-corrected chi connectivity index (χ0v) is 12.7. The van der Waals surface area contributed by atoms with Crippen LogP contribution in [0.2, 0.25) is 0 Å². The molecule has 0 aliphatic carbocycles. The number of rotatable bonds is 5. The Kier molecular flexibility index (Phi) is 4.89. The van der Waals surface area contributed by atoms with Crippen molar-refractivity contribution in [1.82, 2.24) is 0 Å². The van der Waals surface area contributed by atoms with Gasteiger partial charge in [-0.2, -0.15) is 5.10 Å². The summed E-state index contributed by atoms with van der Waals surface area (Å²) in [5.41, 5.74) is 4.31. The molecule has 0 heterocycles. The van der Waals surface area contributed by atoms with Gasteiger partial charge in [-0.1, -0.05) is 15.9 Å². The molecule has 21 heavy (non-hydrogen) atoms. The topological polar surface area (TPSA) is 76.8 Å². The van der Waals surface area contributed by atoms with E-state index in [-0.39, 0.29) is 5.69 Å². The molecule has 2 aromatic carbocycles. The van der Waals surface area contributed by atoms with Crippen LogP contribution >= 0.6 is 15.9 Å². The van der Waals surface area contributed by atoms with Crippen LogP contribution in [0.5, 0.6) is 5.75 Å². The van der Waals surface area contributed by atoms with Gasteiger partial charge in [0.15, 0.2) is 0 Å². The number of methoxy groups -OCH3 is 1. The second-order valence-corrected chi connectivity index (χ2v) is 4.98. The second-order valence-electron chi connectivity index (χ2n) is 4.06. The number of non-ortho nitro benzene ring substituents is 1. The molecule has 6 nitrogen and oxygen atoms in total. The first-order chi connectivity index (χ1) is 10.1. The molecule has 0 aliphatic heterocycles. The first-order valence-corrected chi connectivity index (χ1v) is 6.76. The summed E-state index contributed by atoms with van der Waals surface area (Å²) < 4.78 is 6.15. The van der Waals surface area contributed by atoms with Crippen molar-refractivity contribution in [3.8, 4) is 5.75 Å². The van der Waals surface area contributed by atoms with Gasteiger partial charge in [0, 0.05) is 22.2 Å². The fraction of sp³-hybridized carbons (Fsp3) is 0.0714. The van der Waals surface area contributed by atoms with Gasteiger partial charge in [-0.3, -0.25) is 15.5 Å². The van der Waals surface area contributed by atoms with E-state index in [4.69, 9.17) is 4.74 Å². The molecular formula is C14H12BrN3O3. The molecule has 2 rings (SSSR count). The summed E-state index contributed by atoms with van der Waals surface area (Å²) in [6.07, 6.45) is 1.62. The van der Waals surface area contributed by atoms with Crippen molar-refractivity contribution in [2.24, 2.45) is 5.10 Å². The number of nitro groups is 1. The Morgan fingerprint density at radius 3 is 2.62 bits per heavy atom. The molecule has 7 heteroatoms. The molecule has 0 radical (unpaired) electrons. The Balaban J connectivity index is 2.08. The SMILES string of the molecule is COc1ccc(Br)cc1/C=N/Nc1ccc([N+](=O)[O-])cc1. The van der Waals surface area contributed by atoms with Crippen LogP contribution in [0.3, 0.4) is 0 Å². The van der Waals surface area contributed by atoms with E-state index < -0.39 is 4.92 Å². The first kappa shape index (κ1) is 15.0. The van der Waals surface area contributed by atoms with Gasteiger partial charge in [0.2, 0.25) is 0 Å². The van der Waals surface area contributed by atoms with Gasteiger partial charge in [-0.05, 0) is 30.3 Å². The molecule has 0 spiro atoms. The quantitative estimate of drug-likeness (QED) is 0.505. The highest BCUT2D eigenvalue weighted by atomic mass is 79.9. The lowest BCUT2D eigenvalue weighted by Crippen LogP contribution is -1.94. The van der Waals surface area contributed by atoms with Crippen LogP contribution in [0, 0.1) is 10.1 Å². The van der Waals surface area contributed by atoms with E-state index in [1.54, 1.807) is 25.5 Å². The molecule has 2 aromatic rings. The average molecular weight is 350 g/mol. The number of nitrogens with zero attached hydrogens (tertiary/aromatic N) is 2. The minimum atomic E-state index is -0.445. The number of ether oxygens (including phenoxy) is 1. The van der Waals surface area contributed by atoms with Gasteiger partial charge in [0.05, 0.1) is 23.9 Å². The van der Waals surface area contributed by atoms with Crippen LogP contribution < -0.4 is 10.2 Å². The van der Waals surface area contributed by atoms with Crippen LogP contribution in [0.4, 0.5) is 11.4 Å². The number of nitrogens with one attached hydrogen (secondary N) is 1. The maximum absolute atomic E-state index is 10.6. The third-order valence-electron chi connectivity index (χ3n) is 2.67. The number of benzene rings is 2. The number of hydrazone groups is 1. The van der Waals surface area contributed by atoms with Crippen LogP contribution in [0.1, 0.15) is 5.56 Å². The molecule has 0 bridgehead atoms.